The van der Waals surface area contributed by atoms with Crippen LogP contribution < -0.4 is 10.2 Å². The molecule has 1 aliphatic rings. The SMILES string of the molecule is COCCNCC(O)CN1c2ccccc2CCC1C. The molecule has 2 rings (SSSR count). The number of nitrogens with zero attached hydrogens (tertiary/aromatic N) is 1. The average Bonchev–Trinajstić information content (AvgIpc) is 2.47. The van der Waals surface area contributed by atoms with Gasteiger partial charge in [0.2, 0.25) is 0 Å². The summed E-state index contributed by atoms with van der Waals surface area (Å²) in [6.07, 6.45) is 1.93. The van der Waals surface area contributed by atoms with Crippen LogP contribution >= 0.6 is 0 Å². The number of fused-ring (bicyclic) bond motifs is 1. The number of hydrogen-bond donors (Lipinski definition) is 2. The van der Waals surface area contributed by atoms with E-state index in [0.29, 0.717) is 25.7 Å². The van der Waals surface area contributed by atoms with Gasteiger partial charge in [-0.15, -0.1) is 0 Å². The average molecular weight is 278 g/mol. The van der Waals surface area contributed by atoms with Crippen molar-refractivity contribution in [2.45, 2.75) is 31.9 Å². The van der Waals surface area contributed by atoms with Gasteiger partial charge in [-0.3, -0.25) is 0 Å². The molecular weight excluding hydrogens is 252 g/mol. The van der Waals surface area contributed by atoms with E-state index < -0.39 is 0 Å². The highest BCUT2D eigenvalue weighted by molar-refractivity contribution is 5.56. The summed E-state index contributed by atoms with van der Waals surface area (Å²) in [5, 5.41) is 13.4. The summed E-state index contributed by atoms with van der Waals surface area (Å²) in [7, 11) is 1.68. The maximum atomic E-state index is 10.2. The van der Waals surface area contributed by atoms with Crippen molar-refractivity contribution in [2.24, 2.45) is 0 Å². The van der Waals surface area contributed by atoms with Gasteiger partial charge in [-0.1, -0.05) is 18.2 Å². The lowest BCUT2D eigenvalue weighted by atomic mass is 9.96. The number of anilines is 1. The predicted octanol–water partition coefficient (Wildman–Crippen LogP) is 1.42. The molecule has 4 nitrogen and oxygen atoms in total. The second-order valence-corrected chi connectivity index (χ2v) is 5.52. The van der Waals surface area contributed by atoms with Gasteiger partial charge in [0.15, 0.2) is 0 Å². The Bertz CT molecular complexity index is 411. The number of aliphatic hydroxyl groups excluding tert-OH is 1. The third kappa shape index (κ3) is 3.95. The Kier molecular flexibility index (Phi) is 5.83. The lowest BCUT2D eigenvalue weighted by Gasteiger charge is -2.38. The van der Waals surface area contributed by atoms with E-state index in [9.17, 15) is 5.11 Å². The zero-order chi connectivity index (χ0) is 14.4. The number of hydrogen-bond acceptors (Lipinski definition) is 4. The van der Waals surface area contributed by atoms with E-state index in [1.807, 2.05) is 0 Å². The van der Waals surface area contributed by atoms with E-state index in [-0.39, 0.29) is 6.10 Å². The summed E-state index contributed by atoms with van der Waals surface area (Å²) < 4.78 is 4.98. The lowest BCUT2D eigenvalue weighted by Crippen LogP contribution is -2.45. The van der Waals surface area contributed by atoms with Gasteiger partial charge in [0.25, 0.3) is 0 Å². The first-order chi connectivity index (χ1) is 9.72. The molecule has 0 spiro atoms. The maximum absolute atomic E-state index is 10.2. The molecule has 1 aliphatic heterocycles. The molecule has 0 saturated carbocycles. The number of ether oxygens (including phenoxy) is 1. The molecule has 112 valence electrons. The molecule has 1 heterocycles. The third-order valence-corrected chi connectivity index (χ3v) is 3.93. The van der Waals surface area contributed by atoms with Crippen LogP contribution in [0.25, 0.3) is 0 Å². The number of aryl methyl sites for hydroxylation is 1. The normalized spacial score (nSPS) is 19.8. The van der Waals surface area contributed by atoms with E-state index >= 15 is 0 Å². The minimum atomic E-state index is -0.361. The second-order valence-electron chi connectivity index (χ2n) is 5.52. The van der Waals surface area contributed by atoms with Crippen molar-refractivity contribution in [3.8, 4) is 0 Å². The molecule has 2 unspecified atom stereocenters. The number of para-hydroxylation sites is 1. The van der Waals surface area contributed by atoms with Crippen LogP contribution in [0.1, 0.15) is 18.9 Å². The number of benzene rings is 1. The van der Waals surface area contributed by atoms with Crippen LogP contribution in [-0.4, -0.2) is 50.6 Å². The molecule has 1 aromatic carbocycles. The van der Waals surface area contributed by atoms with Gasteiger partial charge < -0.3 is 20.1 Å². The minimum Gasteiger partial charge on any atom is -0.390 e. The lowest BCUT2D eigenvalue weighted by molar-refractivity contribution is 0.161. The molecule has 2 N–H and O–H groups in total. The Morgan fingerprint density at radius 2 is 2.25 bits per heavy atom. The highest BCUT2D eigenvalue weighted by Gasteiger charge is 2.24. The Morgan fingerprint density at radius 1 is 1.45 bits per heavy atom. The summed E-state index contributed by atoms with van der Waals surface area (Å²) in [6.45, 7) is 4.98. The van der Waals surface area contributed by atoms with Crippen molar-refractivity contribution in [1.29, 1.82) is 0 Å². The van der Waals surface area contributed by atoms with Gasteiger partial charge in [-0.05, 0) is 31.4 Å². The van der Waals surface area contributed by atoms with Crippen molar-refractivity contribution in [3.05, 3.63) is 29.8 Å². The van der Waals surface area contributed by atoms with Gasteiger partial charge in [0.1, 0.15) is 0 Å². The van der Waals surface area contributed by atoms with Crippen LogP contribution in [0, 0.1) is 0 Å². The zero-order valence-electron chi connectivity index (χ0n) is 12.5. The molecule has 0 bridgehead atoms. The van der Waals surface area contributed by atoms with Crippen molar-refractivity contribution in [1.82, 2.24) is 5.32 Å². The van der Waals surface area contributed by atoms with Crippen LogP contribution in [0.5, 0.6) is 0 Å². The Balaban J connectivity index is 1.91. The van der Waals surface area contributed by atoms with E-state index in [2.05, 4.69) is 41.4 Å². The van der Waals surface area contributed by atoms with Crippen LogP contribution in [0.2, 0.25) is 0 Å². The van der Waals surface area contributed by atoms with Gasteiger partial charge in [-0.2, -0.15) is 0 Å². The van der Waals surface area contributed by atoms with Crippen LogP contribution in [0.4, 0.5) is 5.69 Å². The molecule has 4 heteroatoms. The van der Waals surface area contributed by atoms with E-state index in [0.717, 1.165) is 19.4 Å². The van der Waals surface area contributed by atoms with Gasteiger partial charge in [0.05, 0.1) is 12.7 Å². The molecular formula is C16H26N2O2. The molecule has 20 heavy (non-hydrogen) atoms. The quantitative estimate of drug-likeness (QED) is 0.741. The molecule has 1 aromatic rings. The van der Waals surface area contributed by atoms with Crippen molar-refractivity contribution < 1.29 is 9.84 Å². The topological polar surface area (TPSA) is 44.7 Å². The summed E-state index contributed by atoms with van der Waals surface area (Å²) in [4.78, 5) is 2.33. The first-order valence-corrected chi connectivity index (χ1v) is 7.44. The summed E-state index contributed by atoms with van der Waals surface area (Å²) in [5.41, 5.74) is 2.67. The molecule has 0 radical (unpaired) electrons. The fourth-order valence-corrected chi connectivity index (χ4v) is 2.77. The Hall–Kier alpha value is -1.10. The number of methoxy groups -OCH3 is 1. The van der Waals surface area contributed by atoms with Gasteiger partial charge in [-0.25, -0.2) is 0 Å². The second kappa shape index (κ2) is 7.62. The minimum absolute atomic E-state index is 0.361. The highest BCUT2D eigenvalue weighted by atomic mass is 16.5. The molecule has 2 atom stereocenters. The summed E-state index contributed by atoms with van der Waals surface area (Å²) in [5.74, 6) is 0. The van der Waals surface area contributed by atoms with Crippen molar-refractivity contribution in [2.75, 3.05) is 38.3 Å². The van der Waals surface area contributed by atoms with Crippen molar-refractivity contribution in [3.63, 3.8) is 0 Å². The number of aliphatic hydroxyl groups is 1. The monoisotopic (exact) mass is 278 g/mol. The zero-order valence-corrected chi connectivity index (χ0v) is 12.5. The van der Waals surface area contributed by atoms with Crippen LogP contribution in [0.3, 0.4) is 0 Å². The Labute approximate surface area is 121 Å². The number of rotatable bonds is 7. The van der Waals surface area contributed by atoms with Gasteiger partial charge >= 0.3 is 0 Å². The van der Waals surface area contributed by atoms with Crippen LogP contribution in [0.15, 0.2) is 24.3 Å². The van der Waals surface area contributed by atoms with E-state index in [4.69, 9.17) is 4.74 Å². The first-order valence-electron chi connectivity index (χ1n) is 7.44. The standard InChI is InChI=1S/C16H26N2O2/c1-13-7-8-14-5-3-4-6-16(14)18(13)12-15(19)11-17-9-10-20-2/h3-6,13,15,17,19H,7-12H2,1-2H3. The van der Waals surface area contributed by atoms with E-state index in [1.54, 1.807) is 7.11 Å². The van der Waals surface area contributed by atoms with E-state index in [1.165, 1.54) is 11.3 Å². The number of nitrogens with one attached hydrogen (secondary N) is 1. The fraction of sp³-hybridized carbons (Fsp3) is 0.625. The first kappa shape index (κ1) is 15.3. The smallest absolute Gasteiger partial charge is 0.0839 e. The van der Waals surface area contributed by atoms with Gasteiger partial charge in [0, 0.05) is 38.5 Å². The fourth-order valence-electron chi connectivity index (χ4n) is 2.77. The largest absolute Gasteiger partial charge is 0.390 e. The highest BCUT2D eigenvalue weighted by Crippen LogP contribution is 2.30. The molecule has 0 aromatic heterocycles. The molecule has 0 fully saturated rings. The number of β-amino-alcohol motifs (C(OH)–C–C–N with tert-alkyl or cyclic N) is 1. The Morgan fingerprint density at radius 3 is 3.05 bits per heavy atom. The third-order valence-electron chi connectivity index (χ3n) is 3.93. The summed E-state index contributed by atoms with van der Waals surface area (Å²) >= 11 is 0. The summed E-state index contributed by atoms with van der Waals surface area (Å²) in [6, 6.07) is 9.01. The van der Waals surface area contributed by atoms with Crippen LogP contribution in [-0.2, 0) is 11.2 Å². The van der Waals surface area contributed by atoms with Crippen molar-refractivity contribution >= 4 is 5.69 Å². The predicted molar refractivity (Wildman–Crippen MR) is 82.3 cm³/mol. The maximum Gasteiger partial charge on any atom is 0.0839 e. The molecule has 0 saturated heterocycles. The molecule has 0 aliphatic carbocycles. The molecule has 0 amide bonds.